The molecule has 0 aromatic carbocycles. The van der Waals surface area contributed by atoms with E-state index in [1.54, 1.807) is 32.1 Å². The summed E-state index contributed by atoms with van der Waals surface area (Å²) >= 11 is 0. The third kappa shape index (κ3) is 6.74. The SMILES string of the molecule is CCCCN(CCCC)CCC1CCC2C1C1CCC2(CCN(CCCC)CCCC)C1. The first-order valence-electron chi connectivity index (χ1n) is 15.1. The van der Waals surface area contributed by atoms with Crippen LogP contribution in [-0.2, 0) is 0 Å². The van der Waals surface area contributed by atoms with E-state index in [1.165, 1.54) is 103 Å². The average molecular weight is 447 g/mol. The van der Waals surface area contributed by atoms with E-state index in [-0.39, 0.29) is 0 Å². The Morgan fingerprint density at radius 1 is 0.656 bits per heavy atom. The van der Waals surface area contributed by atoms with Crippen molar-refractivity contribution in [1.82, 2.24) is 9.80 Å². The van der Waals surface area contributed by atoms with E-state index < -0.39 is 0 Å². The predicted octanol–water partition coefficient (Wildman–Crippen LogP) is 8.01. The largest absolute Gasteiger partial charge is 0.303 e. The van der Waals surface area contributed by atoms with Crippen molar-refractivity contribution in [3.63, 3.8) is 0 Å². The molecule has 3 saturated carbocycles. The molecular formula is C30H58N2. The Morgan fingerprint density at radius 2 is 1.22 bits per heavy atom. The summed E-state index contributed by atoms with van der Waals surface area (Å²) in [5, 5.41) is 0. The van der Waals surface area contributed by atoms with Gasteiger partial charge in [-0.25, -0.2) is 0 Å². The molecule has 3 aliphatic carbocycles. The molecule has 3 aliphatic rings. The van der Waals surface area contributed by atoms with Gasteiger partial charge >= 0.3 is 0 Å². The van der Waals surface area contributed by atoms with Crippen LogP contribution in [0.2, 0.25) is 0 Å². The van der Waals surface area contributed by atoms with Crippen LogP contribution in [0.15, 0.2) is 0 Å². The van der Waals surface area contributed by atoms with Gasteiger partial charge < -0.3 is 9.80 Å². The lowest BCUT2D eigenvalue weighted by atomic mass is 9.68. The van der Waals surface area contributed by atoms with Crippen molar-refractivity contribution in [2.45, 2.75) is 124 Å². The maximum absolute atomic E-state index is 2.84. The van der Waals surface area contributed by atoms with Crippen molar-refractivity contribution in [2.24, 2.45) is 29.1 Å². The van der Waals surface area contributed by atoms with Crippen LogP contribution >= 0.6 is 0 Å². The van der Waals surface area contributed by atoms with Gasteiger partial charge in [0.05, 0.1) is 0 Å². The number of nitrogens with zero attached hydrogens (tertiary/aromatic N) is 2. The van der Waals surface area contributed by atoms with Gasteiger partial charge in [-0.1, -0.05) is 53.4 Å². The lowest BCUT2D eigenvalue weighted by Gasteiger charge is -2.39. The van der Waals surface area contributed by atoms with Crippen molar-refractivity contribution >= 4 is 0 Å². The van der Waals surface area contributed by atoms with Crippen molar-refractivity contribution in [1.29, 1.82) is 0 Å². The number of rotatable bonds is 18. The molecular weight excluding hydrogens is 388 g/mol. The summed E-state index contributed by atoms with van der Waals surface area (Å²) in [5.74, 6) is 4.33. The topological polar surface area (TPSA) is 6.48 Å². The first kappa shape index (κ1) is 26.5. The molecule has 5 atom stereocenters. The van der Waals surface area contributed by atoms with Crippen LogP contribution in [-0.4, -0.2) is 49.1 Å². The first-order chi connectivity index (χ1) is 15.7. The lowest BCUT2D eigenvalue weighted by molar-refractivity contribution is 0.102. The van der Waals surface area contributed by atoms with Gasteiger partial charge in [0.1, 0.15) is 0 Å². The third-order valence-electron chi connectivity index (χ3n) is 9.92. The van der Waals surface area contributed by atoms with Gasteiger partial charge in [-0.15, -0.1) is 0 Å². The number of hydrogen-bond acceptors (Lipinski definition) is 2. The zero-order valence-electron chi connectivity index (χ0n) is 22.6. The fourth-order valence-corrected chi connectivity index (χ4v) is 8.08. The van der Waals surface area contributed by atoms with Crippen LogP contribution in [0.4, 0.5) is 0 Å². The fourth-order valence-electron chi connectivity index (χ4n) is 8.08. The molecule has 0 aromatic heterocycles. The van der Waals surface area contributed by atoms with Gasteiger partial charge in [0.15, 0.2) is 0 Å². The van der Waals surface area contributed by atoms with Crippen molar-refractivity contribution in [3.05, 3.63) is 0 Å². The van der Waals surface area contributed by atoms with Crippen LogP contribution in [0, 0.1) is 29.1 Å². The normalized spacial score (nSPS) is 31.3. The highest BCUT2D eigenvalue weighted by atomic mass is 15.1. The highest BCUT2D eigenvalue weighted by Crippen LogP contribution is 2.68. The van der Waals surface area contributed by atoms with Gasteiger partial charge in [-0.05, 0) is 139 Å². The average Bonchev–Trinajstić information content (AvgIpc) is 3.50. The summed E-state index contributed by atoms with van der Waals surface area (Å²) in [7, 11) is 0. The Hall–Kier alpha value is -0.0800. The highest BCUT2D eigenvalue weighted by Gasteiger charge is 2.60. The van der Waals surface area contributed by atoms with Crippen molar-refractivity contribution in [3.8, 4) is 0 Å². The summed E-state index contributed by atoms with van der Waals surface area (Å²) in [6.07, 6.45) is 21.8. The molecule has 2 heteroatoms. The van der Waals surface area contributed by atoms with Crippen LogP contribution in [0.25, 0.3) is 0 Å². The highest BCUT2D eigenvalue weighted by molar-refractivity contribution is 5.10. The molecule has 2 bridgehead atoms. The molecule has 0 aliphatic heterocycles. The minimum atomic E-state index is 0.741. The molecule has 0 spiro atoms. The van der Waals surface area contributed by atoms with Gasteiger partial charge in [0.25, 0.3) is 0 Å². The van der Waals surface area contributed by atoms with Gasteiger partial charge in [-0.2, -0.15) is 0 Å². The number of unbranched alkanes of at least 4 members (excludes halogenated alkanes) is 4. The Balaban J connectivity index is 1.52. The van der Waals surface area contributed by atoms with Gasteiger partial charge in [0, 0.05) is 0 Å². The zero-order chi connectivity index (χ0) is 22.8. The minimum Gasteiger partial charge on any atom is -0.303 e. The molecule has 0 radical (unpaired) electrons. The Bertz CT molecular complexity index is 489. The summed E-state index contributed by atoms with van der Waals surface area (Å²) in [6, 6.07) is 0. The first-order valence-corrected chi connectivity index (χ1v) is 15.1. The monoisotopic (exact) mass is 446 g/mol. The Morgan fingerprint density at radius 3 is 1.78 bits per heavy atom. The second kappa shape index (κ2) is 13.7. The molecule has 0 heterocycles. The van der Waals surface area contributed by atoms with E-state index in [0.29, 0.717) is 0 Å². The van der Waals surface area contributed by atoms with Crippen LogP contribution in [0.5, 0.6) is 0 Å². The molecule has 0 N–H and O–H groups in total. The Kier molecular flexibility index (Phi) is 11.4. The summed E-state index contributed by atoms with van der Waals surface area (Å²) in [4.78, 5) is 5.66. The zero-order valence-corrected chi connectivity index (χ0v) is 22.6. The summed E-state index contributed by atoms with van der Waals surface area (Å²) in [6.45, 7) is 17.5. The second-order valence-electron chi connectivity index (χ2n) is 12.0. The standard InChI is InChI=1S/C30H58N2/c1-5-9-19-31(20-10-6-2)23-16-26-13-14-28-29(26)27-15-17-30(28,25-27)18-24-32(21-11-7-3)22-12-8-4/h26-29H,5-25H2,1-4H3. The minimum absolute atomic E-state index is 0.741. The number of fused-ring (bicyclic) bond motifs is 5. The molecule has 188 valence electrons. The summed E-state index contributed by atoms with van der Waals surface area (Å²) < 4.78 is 0. The van der Waals surface area contributed by atoms with E-state index >= 15 is 0 Å². The molecule has 0 amide bonds. The lowest BCUT2D eigenvalue weighted by Crippen LogP contribution is -2.35. The van der Waals surface area contributed by atoms with Crippen LogP contribution in [0.1, 0.15) is 124 Å². The third-order valence-corrected chi connectivity index (χ3v) is 9.92. The smallest absolute Gasteiger partial charge is 0.00133 e. The van der Waals surface area contributed by atoms with Crippen molar-refractivity contribution in [2.75, 3.05) is 39.3 Å². The second-order valence-corrected chi connectivity index (χ2v) is 12.0. The Labute approximate surface area is 202 Å². The predicted molar refractivity (Wildman–Crippen MR) is 141 cm³/mol. The molecule has 2 nitrogen and oxygen atoms in total. The van der Waals surface area contributed by atoms with E-state index in [0.717, 1.165) is 29.1 Å². The number of hydrogen-bond donors (Lipinski definition) is 0. The quantitative estimate of drug-likeness (QED) is 0.210. The molecule has 5 unspecified atom stereocenters. The maximum atomic E-state index is 2.84. The molecule has 0 saturated heterocycles. The summed E-state index contributed by atoms with van der Waals surface area (Å²) in [5.41, 5.74) is 0.741. The van der Waals surface area contributed by atoms with Gasteiger partial charge in [0.2, 0.25) is 0 Å². The molecule has 32 heavy (non-hydrogen) atoms. The molecule has 3 fully saturated rings. The van der Waals surface area contributed by atoms with Crippen molar-refractivity contribution < 1.29 is 0 Å². The fraction of sp³-hybridized carbons (Fsp3) is 1.00. The van der Waals surface area contributed by atoms with E-state index in [1.807, 2.05) is 0 Å². The van der Waals surface area contributed by atoms with Gasteiger partial charge in [-0.3, -0.25) is 0 Å². The van der Waals surface area contributed by atoms with E-state index in [9.17, 15) is 0 Å². The molecule has 3 rings (SSSR count). The van der Waals surface area contributed by atoms with Crippen LogP contribution < -0.4 is 0 Å². The van der Waals surface area contributed by atoms with E-state index in [2.05, 4.69) is 37.5 Å². The van der Waals surface area contributed by atoms with Crippen LogP contribution in [0.3, 0.4) is 0 Å². The maximum Gasteiger partial charge on any atom is -0.00133 e. The van der Waals surface area contributed by atoms with E-state index in [4.69, 9.17) is 0 Å². The molecule has 0 aromatic rings.